The molecule has 4 nitrogen and oxygen atoms in total. The number of carbonyl (C=O) groups is 2. The molecule has 1 aliphatic rings. The van der Waals surface area contributed by atoms with Crippen molar-refractivity contribution in [2.24, 2.45) is 0 Å². The fourth-order valence-corrected chi connectivity index (χ4v) is 3.65. The average Bonchev–Trinajstić information content (AvgIpc) is 3.22. The first kappa shape index (κ1) is 16.0. The van der Waals surface area contributed by atoms with Crippen LogP contribution in [0.4, 0.5) is 0 Å². The van der Waals surface area contributed by atoms with E-state index in [0.29, 0.717) is 22.2 Å². The lowest BCUT2D eigenvalue weighted by Crippen LogP contribution is -2.41. The molecule has 1 fully saturated rings. The lowest BCUT2D eigenvalue weighted by atomic mass is 10.2. The predicted octanol–water partition coefficient (Wildman–Crippen LogP) is 3.75. The van der Waals surface area contributed by atoms with Gasteiger partial charge in [-0.1, -0.05) is 41.9 Å². The van der Waals surface area contributed by atoms with Gasteiger partial charge in [-0.2, -0.15) is 0 Å². The van der Waals surface area contributed by atoms with Gasteiger partial charge in [0.1, 0.15) is 12.6 Å². The molecule has 23 heavy (non-hydrogen) atoms. The van der Waals surface area contributed by atoms with Gasteiger partial charge in [-0.15, -0.1) is 11.3 Å². The van der Waals surface area contributed by atoms with Crippen LogP contribution in [0.1, 0.15) is 28.1 Å². The topological polar surface area (TPSA) is 46.6 Å². The maximum absolute atomic E-state index is 12.5. The minimum atomic E-state index is -0.507. The van der Waals surface area contributed by atoms with Gasteiger partial charge in [0.05, 0.1) is 9.21 Å². The number of nitrogens with zero attached hydrogens (tertiary/aromatic N) is 1. The van der Waals surface area contributed by atoms with Crippen molar-refractivity contribution < 1.29 is 14.3 Å². The summed E-state index contributed by atoms with van der Waals surface area (Å²) in [4.78, 5) is 27.0. The monoisotopic (exact) mass is 349 g/mol. The molecule has 1 saturated heterocycles. The second-order valence-electron chi connectivity index (χ2n) is 5.35. The van der Waals surface area contributed by atoms with Crippen LogP contribution in [0, 0.1) is 0 Å². The Morgan fingerprint density at radius 3 is 2.70 bits per heavy atom. The number of esters is 1. The number of likely N-dealkylation sites (tertiary alicyclic amines) is 1. The van der Waals surface area contributed by atoms with Crippen molar-refractivity contribution in [2.75, 3.05) is 6.54 Å². The zero-order chi connectivity index (χ0) is 16.2. The number of hydrogen-bond acceptors (Lipinski definition) is 4. The molecule has 3 rings (SSSR count). The van der Waals surface area contributed by atoms with Crippen LogP contribution in [0.25, 0.3) is 0 Å². The highest BCUT2D eigenvalue weighted by molar-refractivity contribution is 7.17. The summed E-state index contributed by atoms with van der Waals surface area (Å²) in [5.74, 6) is -0.497. The molecule has 2 heterocycles. The number of benzene rings is 1. The summed E-state index contributed by atoms with van der Waals surface area (Å²) >= 11 is 7.11. The molecule has 0 unspecified atom stereocenters. The Kier molecular flexibility index (Phi) is 4.98. The van der Waals surface area contributed by atoms with Crippen molar-refractivity contribution in [1.82, 2.24) is 4.90 Å². The van der Waals surface area contributed by atoms with Crippen LogP contribution in [-0.2, 0) is 16.1 Å². The fourth-order valence-electron chi connectivity index (χ4n) is 2.65. The molecule has 120 valence electrons. The molecule has 0 N–H and O–H groups in total. The van der Waals surface area contributed by atoms with Crippen LogP contribution < -0.4 is 0 Å². The molecule has 0 saturated carbocycles. The fraction of sp³-hybridized carbons (Fsp3) is 0.294. The molecular weight excluding hydrogens is 334 g/mol. The Labute approximate surface area is 143 Å². The van der Waals surface area contributed by atoms with Crippen LogP contribution in [0.2, 0.25) is 4.34 Å². The van der Waals surface area contributed by atoms with Gasteiger partial charge in [0.25, 0.3) is 5.91 Å². The van der Waals surface area contributed by atoms with Crippen molar-refractivity contribution in [2.45, 2.75) is 25.5 Å². The molecule has 2 aromatic rings. The molecule has 0 spiro atoms. The summed E-state index contributed by atoms with van der Waals surface area (Å²) in [7, 11) is 0. The minimum Gasteiger partial charge on any atom is -0.459 e. The summed E-state index contributed by atoms with van der Waals surface area (Å²) in [6, 6.07) is 12.4. The van der Waals surface area contributed by atoms with E-state index in [1.54, 1.807) is 17.0 Å². The third-order valence-electron chi connectivity index (χ3n) is 3.79. The van der Waals surface area contributed by atoms with Gasteiger partial charge in [0.15, 0.2) is 0 Å². The van der Waals surface area contributed by atoms with Gasteiger partial charge in [-0.3, -0.25) is 4.79 Å². The van der Waals surface area contributed by atoms with E-state index in [9.17, 15) is 9.59 Å². The van der Waals surface area contributed by atoms with E-state index in [1.165, 1.54) is 11.3 Å². The summed E-state index contributed by atoms with van der Waals surface area (Å²) < 4.78 is 5.94. The number of ether oxygens (including phenoxy) is 1. The Morgan fingerprint density at radius 2 is 2.00 bits per heavy atom. The highest BCUT2D eigenvalue weighted by Gasteiger charge is 2.36. The van der Waals surface area contributed by atoms with Crippen molar-refractivity contribution in [3.63, 3.8) is 0 Å². The Morgan fingerprint density at radius 1 is 1.22 bits per heavy atom. The number of halogens is 1. The Balaban J connectivity index is 1.64. The highest BCUT2D eigenvalue weighted by Crippen LogP contribution is 2.27. The van der Waals surface area contributed by atoms with Gasteiger partial charge in [-0.05, 0) is 30.5 Å². The van der Waals surface area contributed by atoms with Crippen LogP contribution >= 0.6 is 22.9 Å². The number of thiophene rings is 1. The molecule has 6 heteroatoms. The smallest absolute Gasteiger partial charge is 0.329 e. The molecule has 0 aliphatic carbocycles. The molecule has 1 aliphatic heterocycles. The van der Waals surface area contributed by atoms with Crippen molar-refractivity contribution >= 4 is 34.8 Å². The van der Waals surface area contributed by atoms with Gasteiger partial charge >= 0.3 is 5.97 Å². The number of carbonyl (C=O) groups excluding carboxylic acids is 2. The van der Waals surface area contributed by atoms with Crippen LogP contribution in [0.3, 0.4) is 0 Å². The van der Waals surface area contributed by atoms with E-state index in [1.807, 2.05) is 30.3 Å². The molecule has 1 aromatic heterocycles. The highest BCUT2D eigenvalue weighted by atomic mass is 35.5. The molecule has 0 bridgehead atoms. The van der Waals surface area contributed by atoms with E-state index in [-0.39, 0.29) is 18.5 Å². The largest absolute Gasteiger partial charge is 0.459 e. The standard InChI is InChI=1S/C17H16ClNO3S/c18-15-9-8-14(23-15)16(20)19-10-4-7-13(19)17(21)22-11-12-5-2-1-3-6-12/h1-3,5-6,8-9,13H,4,7,10-11H2/t13-/m0/s1. The summed E-state index contributed by atoms with van der Waals surface area (Å²) in [6.45, 7) is 0.794. The van der Waals surface area contributed by atoms with Gasteiger partial charge in [-0.25, -0.2) is 4.79 Å². The maximum Gasteiger partial charge on any atom is 0.329 e. The van der Waals surface area contributed by atoms with E-state index in [0.717, 1.165) is 12.0 Å². The first-order chi connectivity index (χ1) is 11.1. The van der Waals surface area contributed by atoms with Gasteiger partial charge in [0.2, 0.25) is 0 Å². The number of rotatable bonds is 4. The minimum absolute atomic E-state index is 0.152. The maximum atomic E-state index is 12.5. The lowest BCUT2D eigenvalue weighted by molar-refractivity contribution is -0.149. The third kappa shape index (κ3) is 3.74. The van der Waals surface area contributed by atoms with E-state index < -0.39 is 6.04 Å². The Bertz CT molecular complexity index is 701. The second kappa shape index (κ2) is 7.15. The zero-order valence-corrected chi connectivity index (χ0v) is 14.0. The van der Waals surface area contributed by atoms with E-state index >= 15 is 0 Å². The number of amides is 1. The predicted molar refractivity (Wildman–Crippen MR) is 89.6 cm³/mol. The van der Waals surface area contributed by atoms with E-state index in [4.69, 9.17) is 16.3 Å². The van der Waals surface area contributed by atoms with E-state index in [2.05, 4.69) is 0 Å². The molecule has 1 amide bonds. The molecule has 0 radical (unpaired) electrons. The first-order valence-corrected chi connectivity index (χ1v) is 8.61. The van der Waals surface area contributed by atoms with Crippen LogP contribution in [0.15, 0.2) is 42.5 Å². The number of hydrogen-bond donors (Lipinski definition) is 0. The van der Waals surface area contributed by atoms with Crippen molar-refractivity contribution in [3.05, 3.63) is 57.2 Å². The summed E-state index contributed by atoms with van der Waals surface area (Å²) in [5, 5.41) is 0. The van der Waals surface area contributed by atoms with Gasteiger partial charge < -0.3 is 9.64 Å². The SMILES string of the molecule is O=C(OCc1ccccc1)[C@@H]1CCCN1C(=O)c1ccc(Cl)s1. The summed E-state index contributed by atoms with van der Waals surface area (Å²) in [5.41, 5.74) is 0.932. The lowest BCUT2D eigenvalue weighted by Gasteiger charge is -2.22. The quantitative estimate of drug-likeness (QED) is 0.790. The van der Waals surface area contributed by atoms with Crippen LogP contribution in [0.5, 0.6) is 0 Å². The molecule has 1 atom stereocenters. The normalized spacial score (nSPS) is 17.3. The first-order valence-electron chi connectivity index (χ1n) is 7.42. The third-order valence-corrected chi connectivity index (χ3v) is 5.01. The van der Waals surface area contributed by atoms with Crippen LogP contribution in [-0.4, -0.2) is 29.4 Å². The molecule has 1 aromatic carbocycles. The van der Waals surface area contributed by atoms with Crippen molar-refractivity contribution in [3.8, 4) is 0 Å². The second-order valence-corrected chi connectivity index (χ2v) is 7.07. The van der Waals surface area contributed by atoms with Crippen molar-refractivity contribution in [1.29, 1.82) is 0 Å². The summed E-state index contributed by atoms with van der Waals surface area (Å²) in [6.07, 6.45) is 1.44. The average molecular weight is 350 g/mol. The van der Waals surface area contributed by atoms with Gasteiger partial charge in [0, 0.05) is 6.54 Å². The molecular formula is C17H16ClNO3S. The Hall–Kier alpha value is -1.85. The zero-order valence-electron chi connectivity index (χ0n) is 12.4.